The minimum absolute atomic E-state index is 0.412. The summed E-state index contributed by atoms with van der Waals surface area (Å²) in [6.45, 7) is 0. The van der Waals surface area contributed by atoms with Crippen LogP contribution in [0.1, 0.15) is 22.7 Å². The Hall–Kier alpha value is -3.49. The van der Waals surface area contributed by atoms with E-state index in [9.17, 15) is 22.8 Å². The number of benzene rings is 2. The number of amides is 1. The second-order valence-corrected chi connectivity index (χ2v) is 6.00. The van der Waals surface area contributed by atoms with Gasteiger partial charge in [0.2, 0.25) is 5.91 Å². The lowest BCUT2D eigenvalue weighted by Gasteiger charge is -2.20. The molecule has 2 rings (SSSR count). The van der Waals surface area contributed by atoms with Gasteiger partial charge in [-0.05, 0) is 35.4 Å². The van der Waals surface area contributed by atoms with Crippen molar-refractivity contribution in [3.8, 4) is 11.5 Å². The molecule has 0 spiro atoms. The molecule has 0 saturated carbocycles. The van der Waals surface area contributed by atoms with E-state index in [4.69, 9.17) is 9.47 Å². The highest BCUT2D eigenvalue weighted by Gasteiger charge is 2.37. The molecule has 0 unspecified atom stereocenters. The van der Waals surface area contributed by atoms with Gasteiger partial charge in [0, 0.05) is 6.08 Å². The van der Waals surface area contributed by atoms with Crippen molar-refractivity contribution in [3.05, 3.63) is 65.2 Å². The number of rotatable bonds is 7. The first-order valence-electron chi connectivity index (χ1n) is 8.65. The zero-order valence-electron chi connectivity index (χ0n) is 16.4. The van der Waals surface area contributed by atoms with Crippen molar-refractivity contribution in [1.82, 2.24) is 5.32 Å². The molecule has 1 atom stereocenters. The number of hydrogen-bond donors (Lipinski definition) is 1. The summed E-state index contributed by atoms with van der Waals surface area (Å²) in [7, 11) is 3.96. The smallest absolute Gasteiger partial charge is 0.416 e. The van der Waals surface area contributed by atoms with E-state index in [1.165, 1.54) is 32.4 Å². The van der Waals surface area contributed by atoms with Crippen LogP contribution in [0.3, 0.4) is 0 Å². The SMILES string of the molecule is COC(=O)[C@@H](NC(=O)/C=C\c1ccc(OC)c(OC)c1)c1ccccc1C(F)(F)F. The molecule has 0 radical (unpaired) electrons. The van der Waals surface area contributed by atoms with Crippen molar-refractivity contribution < 1.29 is 37.0 Å². The summed E-state index contributed by atoms with van der Waals surface area (Å²) in [6, 6.07) is 7.75. The quantitative estimate of drug-likeness (QED) is 0.542. The van der Waals surface area contributed by atoms with Gasteiger partial charge in [-0.15, -0.1) is 0 Å². The lowest BCUT2D eigenvalue weighted by atomic mass is 9.99. The molecule has 1 amide bonds. The molecule has 0 aliphatic rings. The largest absolute Gasteiger partial charge is 0.493 e. The van der Waals surface area contributed by atoms with Crippen molar-refractivity contribution in [2.75, 3.05) is 21.3 Å². The van der Waals surface area contributed by atoms with Crippen LogP contribution in [0.2, 0.25) is 0 Å². The third-order valence-electron chi connectivity index (χ3n) is 4.14. The van der Waals surface area contributed by atoms with Gasteiger partial charge in [-0.1, -0.05) is 24.3 Å². The van der Waals surface area contributed by atoms with Crippen LogP contribution in [0.5, 0.6) is 11.5 Å². The molecule has 0 aliphatic heterocycles. The molecule has 0 aliphatic carbocycles. The van der Waals surface area contributed by atoms with E-state index in [2.05, 4.69) is 10.1 Å². The van der Waals surface area contributed by atoms with Gasteiger partial charge in [0.1, 0.15) is 0 Å². The van der Waals surface area contributed by atoms with Gasteiger partial charge >= 0.3 is 12.1 Å². The summed E-state index contributed by atoms with van der Waals surface area (Å²) in [5.41, 5.74) is -0.873. The average Bonchev–Trinajstić information content (AvgIpc) is 2.74. The summed E-state index contributed by atoms with van der Waals surface area (Å²) < 4.78 is 54.8. The minimum atomic E-state index is -4.71. The number of halogens is 3. The molecule has 30 heavy (non-hydrogen) atoms. The first kappa shape index (κ1) is 22.8. The zero-order valence-corrected chi connectivity index (χ0v) is 16.4. The van der Waals surface area contributed by atoms with Crippen LogP contribution in [0.4, 0.5) is 13.2 Å². The number of esters is 1. The van der Waals surface area contributed by atoms with Gasteiger partial charge < -0.3 is 19.5 Å². The standard InChI is InChI=1S/C21H20F3NO5/c1-28-16-10-8-13(12-17(16)29-2)9-11-18(26)25-19(20(27)30-3)14-6-4-5-7-15(14)21(22,23)24/h4-12,19H,1-3H3,(H,25,26)/b11-9-/t19-/m0/s1. The fourth-order valence-electron chi connectivity index (χ4n) is 2.71. The summed E-state index contributed by atoms with van der Waals surface area (Å²) in [5.74, 6) is -0.878. The van der Waals surface area contributed by atoms with Crippen molar-refractivity contribution in [2.45, 2.75) is 12.2 Å². The number of methoxy groups -OCH3 is 3. The van der Waals surface area contributed by atoms with Crippen LogP contribution >= 0.6 is 0 Å². The maximum absolute atomic E-state index is 13.3. The number of nitrogens with one attached hydrogen (secondary N) is 1. The maximum Gasteiger partial charge on any atom is 0.416 e. The van der Waals surface area contributed by atoms with E-state index in [1.54, 1.807) is 18.2 Å². The maximum atomic E-state index is 13.3. The number of hydrogen-bond acceptors (Lipinski definition) is 5. The molecule has 0 aromatic heterocycles. The van der Waals surface area contributed by atoms with Crippen molar-refractivity contribution in [1.29, 1.82) is 0 Å². The second kappa shape index (κ2) is 9.82. The van der Waals surface area contributed by atoms with Crippen LogP contribution in [-0.4, -0.2) is 33.2 Å². The van der Waals surface area contributed by atoms with Gasteiger partial charge in [-0.25, -0.2) is 4.79 Å². The minimum Gasteiger partial charge on any atom is -0.493 e. The van der Waals surface area contributed by atoms with E-state index in [1.807, 2.05) is 0 Å². The summed E-state index contributed by atoms with van der Waals surface area (Å²) >= 11 is 0. The van der Waals surface area contributed by atoms with Crippen LogP contribution in [0.15, 0.2) is 48.5 Å². The lowest BCUT2D eigenvalue weighted by molar-refractivity contribution is -0.146. The van der Waals surface area contributed by atoms with Crippen molar-refractivity contribution in [2.24, 2.45) is 0 Å². The third kappa shape index (κ3) is 5.53. The van der Waals surface area contributed by atoms with Crippen molar-refractivity contribution >= 4 is 18.0 Å². The Morgan fingerprint density at radius 3 is 2.27 bits per heavy atom. The Morgan fingerprint density at radius 1 is 1.00 bits per heavy atom. The summed E-state index contributed by atoms with van der Waals surface area (Å²) in [5, 5.41) is 2.26. The van der Waals surface area contributed by atoms with E-state index >= 15 is 0 Å². The predicted octanol–water partition coefficient (Wildman–Crippen LogP) is 3.77. The van der Waals surface area contributed by atoms with E-state index in [0.29, 0.717) is 17.1 Å². The topological polar surface area (TPSA) is 73.9 Å². The monoisotopic (exact) mass is 423 g/mol. The molecule has 0 heterocycles. The number of ether oxygens (including phenoxy) is 3. The Kier molecular flexibility index (Phi) is 7.46. The number of carbonyl (C=O) groups excluding carboxylic acids is 2. The Morgan fingerprint density at radius 2 is 1.67 bits per heavy atom. The van der Waals surface area contributed by atoms with Gasteiger partial charge in [0.25, 0.3) is 0 Å². The van der Waals surface area contributed by atoms with Crippen LogP contribution in [0.25, 0.3) is 6.08 Å². The van der Waals surface area contributed by atoms with Gasteiger partial charge in [0.05, 0.1) is 26.9 Å². The fourth-order valence-corrected chi connectivity index (χ4v) is 2.71. The zero-order chi connectivity index (χ0) is 22.3. The highest BCUT2D eigenvalue weighted by Crippen LogP contribution is 2.35. The molecular formula is C21H20F3NO5. The molecular weight excluding hydrogens is 403 g/mol. The van der Waals surface area contributed by atoms with Crippen LogP contribution in [-0.2, 0) is 20.5 Å². The average molecular weight is 423 g/mol. The van der Waals surface area contributed by atoms with Crippen LogP contribution < -0.4 is 14.8 Å². The highest BCUT2D eigenvalue weighted by atomic mass is 19.4. The van der Waals surface area contributed by atoms with E-state index < -0.39 is 35.2 Å². The Balaban J connectivity index is 2.28. The Labute approximate surface area is 171 Å². The van der Waals surface area contributed by atoms with Gasteiger partial charge in [-0.3, -0.25) is 4.79 Å². The molecule has 0 saturated heterocycles. The summed E-state index contributed by atoms with van der Waals surface area (Å²) in [4.78, 5) is 24.4. The number of alkyl halides is 3. The van der Waals surface area contributed by atoms with Crippen LogP contribution in [0, 0.1) is 0 Å². The fraction of sp³-hybridized carbons (Fsp3) is 0.238. The predicted molar refractivity (Wildman–Crippen MR) is 103 cm³/mol. The molecule has 2 aromatic carbocycles. The third-order valence-corrected chi connectivity index (χ3v) is 4.14. The highest BCUT2D eigenvalue weighted by molar-refractivity contribution is 5.95. The molecule has 6 nitrogen and oxygen atoms in total. The molecule has 0 bridgehead atoms. The van der Waals surface area contributed by atoms with E-state index in [-0.39, 0.29) is 0 Å². The Bertz CT molecular complexity index is 940. The van der Waals surface area contributed by atoms with E-state index in [0.717, 1.165) is 25.3 Å². The molecule has 160 valence electrons. The lowest BCUT2D eigenvalue weighted by Crippen LogP contribution is -2.34. The molecule has 9 heteroatoms. The number of carbonyl (C=O) groups is 2. The molecule has 0 fully saturated rings. The first-order valence-corrected chi connectivity index (χ1v) is 8.65. The second-order valence-electron chi connectivity index (χ2n) is 6.00. The summed E-state index contributed by atoms with van der Waals surface area (Å²) in [6.07, 6.45) is -2.20. The first-order chi connectivity index (χ1) is 14.2. The normalized spacial score (nSPS) is 12.3. The van der Waals surface area contributed by atoms with Gasteiger partial charge in [-0.2, -0.15) is 13.2 Å². The van der Waals surface area contributed by atoms with Crippen molar-refractivity contribution in [3.63, 3.8) is 0 Å². The molecule has 1 N–H and O–H groups in total. The van der Waals surface area contributed by atoms with Gasteiger partial charge in [0.15, 0.2) is 17.5 Å². The molecule has 2 aromatic rings.